The van der Waals surface area contributed by atoms with Gasteiger partial charge >= 0.3 is 5.97 Å². The van der Waals surface area contributed by atoms with Gasteiger partial charge < -0.3 is 9.30 Å². The lowest BCUT2D eigenvalue weighted by atomic mass is 9.97. The number of benzene rings is 4. The van der Waals surface area contributed by atoms with Crippen LogP contribution in [0.3, 0.4) is 0 Å². The Bertz CT molecular complexity index is 1640. The predicted octanol–water partition coefficient (Wildman–Crippen LogP) is 5.11. The first kappa shape index (κ1) is 22.7. The van der Waals surface area contributed by atoms with E-state index in [-0.39, 0.29) is 25.1 Å². The lowest BCUT2D eigenvalue weighted by molar-refractivity contribution is -0.153. The number of imidazole rings is 1. The first-order valence-electron chi connectivity index (χ1n) is 12.1. The van der Waals surface area contributed by atoms with Crippen LogP contribution < -0.4 is 0 Å². The van der Waals surface area contributed by atoms with Gasteiger partial charge in [0.05, 0.1) is 29.1 Å². The van der Waals surface area contributed by atoms with Crippen molar-refractivity contribution < 1.29 is 14.3 Å². The Morgan fingerprint density at radius 1 is 0.865 bits per heavy atom. The number of rotatable bonds is 6. The number of hydrogen-bond acceptors (Lipinski definition) is 5. The molecule has 1 atom stereocenters. The van der Waals surface area contributed by atoms with E-state index in [9.17, 15) is 9.59 Å². The zero-order valence-electron chi connectivity index (χ0n) is 20.0. The van der Waals surface area contributed by atoms with E-state index in [1.165, 1.54) is 5.01 Å². The van der Waals surface area contributed by atoms with Gasteiger partial charge in [-0.2, -0.15) is 5.10 Å². The van der Waals surface area contributed by atoms with Gasteiger partial charge in [-0.15, -0.1) is 0 Å². The number of nitrogens with zero attached hydrogens (tertiary/aromatic N) is 4. The molecular weight excluding hydrogens is 464 g/mol. The molecular formula is C30H24N4O3. The first-order chi connectivity index (χ1) is 18.2. The molecule has 4 aromatic carbocycles. The average molecular weight is 489 g/mol. The molecule has 1 aromatic heterocycles. The fraction of sp³-hybridized carbons (Fsp3) is 0.133. The molecule has 7 nitrogen and oxygen atoms in total. The molecule has 0 saturated carbocycles. The van der Waals surface area contributed by atoms with Crippen molar-refractivity contribution in [2.45, 2.75) is 19.0 Å². The fourth-order valence-electron chi connectivity index (χ4n) is 4.75. The molecule has 0 fully saturated rings. The number of aromatic nitrogens is 2. The number of hydrogen-bond donors (Lipinski definition) is 0. The topological polar surface area (TPSA) is 76.8 Å². The predicted molar refractivity (Wildman–Crippen MR) is 142 cm³/mol. The standard InChI is InChI=1S/C30H24N4O3/c35-29(19-37-30(36)18-33-20-31-25-12-6-7-13-27(25)33)34-28(22-9-2-1-3-10-22)17-26(32-34)24-15-14-21-8-4-5-11-23(21)16-24/h1-16,20,28H,17-19H2/t28-/m1/s1. The highest BCUT2D eigenvalue weighted by Gasteiger charge is 2.33. The van der Waals surface area contributed by atoms with Crippen LogP contribution in [-0.2, 0) is 20.9 Å². The monoisotopic (exact) mass is 488 g/mol. The molecule has 0 N–H and O–H groups in total. The maximum Gasteiger partial charge on any atom is 0.326 e. The Balaban J connectivity index is 1.20. The zero-order chi connectivity index (χ0) is 25.2. The van der Waals surface area contributed by atoms with Gasteiger partial charge in [-0.1, -0.05) is 78.9 Å². The number of carbonyl (C=O) groups excluding carboxylic acids is 2. The Hall–Kier alpha value is -4.78. The molecule has 0 unspecified atom stereocenters. The normalized spacial score (nSPS) is 15.2. The Labute approximate surface area is 213 Å². The van der Waals surface area contributed by atoms with Crippen LogP contribution in [0, 0.1) is 0 Å². The molecule has 6 rings (SSSR count). The molecule has 1 aliphatic heterocycles. The lowest BCUT2D eigenvalue weighted by Gasteiger charge is -2.22. The van der Waals surface area contributed by atoms with E-state index in [0.29, 0.717) is 6.42 Å². The van der Waals surface area contributed by atoms with Crippen molar-refractivity contribution in [3.05, 3.63) is 115 Å². The van der Waals surface area contributed by atoms with Crippen LogP contribution in [-0.4, -0.2) is 38.8 Å². The molecule has 0 saturated heterocycles. The van der Waals surface area contributed by atoms with Crippen LogP contribution >= 0.6 is 0 Å². The summed E-state index contributed by atoms with van der Waals surface area (Å²) >= 11 is 0. The summed E-state index contributed by atoms with van der Waals surface area (Å²) in [4.78, 5) is 30.1. The van der Waals surface area contributed by atoms with Crippen molar-refractivity contribution in [1.82, 2.24) is 14.6 Å². The van der Waals surface area contributed by atoms with Gasteiger partial charge in [0, 0.05) is 6.42 Å². The summed E-state index contributed by atoms with van der Waals surface area (Å²) in [5.74, 6) is -0.876. The molecule has 1 aliphatic rings. The molecule has 0 radical (unpaired) electrons. The van der Waals surface area contributed by atoms with Crippen molar-refractivity contribution in [1.29, 1.82) is 0 Å². The molecule has 2 heterocycles. The summed E-state index contributed by atoms with van der Waals surface area (Å²) in [6, 6.07) is 31.4. The third-order valence-corrected chi connectivity index (χ3v) is 6.62. The zero-order valence-corrected chi connectivity index (χ0v) is 20.0. The highest BCUT2D eigenvalue weighted by molar-refractivity contribution is 6.05. The third-order valence-electron chi connectivity index (χ3n) is 6.62. The van der Waals surface area contributed by atoms with Crippen LogP contribution in [0.25, 0.3) is 21.8 Å². The van der Waals surface area contributed by atoms with Crippen LogP contribution in [0.5, 0.6) is 0 Å². The highest BCUT2D eigenvalue weighted by atomic mass is 16.5. The number of amides is 1. The molecule has 0 spiro atoms. The van der Waals surface area contributed by atoms with Gasteiger partial charge in [0.15, 0.2) is 6.61 Å². The van der Waals surface area contributed by atoms with Crippen molar-refractivity contribution >= 4 is 39.4 Å². The van der Waals surface area contributed by atoms with E-state index in [1.54, 1.807) is 10.9 Å². The Morgan fingerprint density at radius 2 is 1.62 bits per heavy atom. The maximum atomic E-state index is 13.3. The summed E-state index contributed by atoms with van der Waals surface area (Å²) in [5.41, 5.74) is 4.40. The molecule has 182 valence electrons. The number of hydrazone groups is 1. The van der Waals surface area contributed by atoms with Crippen molar-refractivity contribution in [2.75, 3.05) is 6.61 Å². The van der Waals surface area contributed by atoms with Gasteiger partial charge in [0.25, 0.3) is 5.91 Å². The molecule has 7 heteroatoms. The van der Waals surface area contributed by atoms with Crippen molar-refractivity contribution in [3.8, 4) is 0 Å². The lowest BCUT2D eigenvalue weighted by Crippen LogP contribution is -2.31. The molecule has 37 heavy (non-hydrogen) atoms. The van der Waals surface area contributed by atoms with E-state index in [0.717, 1.165) is 38.6 Å². The summed E-state index contributed by atoms with van der Waals surface area (Å²) in [6.45, 7) is -0.412. The quantitative estimate of drug-likeness (QED) is 0.311. The van der Waals surface area contributed by atoms with Crippen LogP contribution in [0.2, 0.25) is 0 Å². The Kier molecular flexibility index (Phi) is 5.94. The number of ether oxygens (including phenoxy) is 1. The molecule has 5 aromatic rings. The summed E-state index contributed by atoms with van der Waals surface area (Å²) < 4.78 is 7.08. The molecule has 0 bridgehead atoms. The van der Waals surface area contributed by atoms with Gasteiger partial charge in [-0.3, -0.25) is 9.59 Å². The highest BCUT2D eigenvalue weighted by Crippen LogP contribution is 2.33. The summed E-state index contributed by atoms with van der Waals surface area (Å²) in [6.07, 6.45) is 2.17. The Morgan fingerprint density at radius 3 is 2.49 bits per heavy atom. The third kappa shape index (κ3) is 4.59. The average Bonchev–Trinajstić information content (AvgIpc) is 3.57. The smallest absolute Gasteiger partial charge is 0.326 e. The number of esters is 1. The van der Waals surface area contributed by atoms with E-state index < -0.39 is 5.97 Å². The van der Waals surface area contributed by atoms with Crippen LogP contribution in [0.15, 0.2) is 108 Å². The van der Waals surface area contributed by atoms with E-state index >= 15 is 0 Å². The van der Waals surface area contributed by atoms with Gasteiger partial charge in [0.1, 0.15) is 6.54 Å². The minimum Gasteiger partial charge on any atom is -0.454 e. The van der Waals surface area contributed by atoms with Crippen molar-refractivity contribution in [3.63, 3.8) is 0 Å². The molecule has 1 amide bonds. The molecule has 0 aliphatic carbocycles. The van der Waals surface area contributed by atoms with E-state index in [4.69, 9.17) is 9.84 Å². The van der Waals surface area contributed by atoms with Gasteiger partial charge in [-0.25, -0.2) is 9.99 Å². The van der Waals surface area contributed by atoms with E-state index in [1.807, 2.05) is 72.8 Å². The number of carbonyl (C=O) groups is 2. The maximum absolute atomic E-state index is 13.3. The second-order valence-corrected chi connectivity index (χ2v) is 9.00. The fourth-order valence-corrected chi connectivity index (χ4v) is 4.75. The summed E-state index contributed by atoms with van der Waals surface area (Å²) in [7, 11) is 0. The van der Waals surface area contributed by atoms with Gasteiger partial charge in [0.2, 0.25) is 0 Å². The second kappa shape index (κ2) is 9.70. The first-order valence-corrected chi connectivity index (χ1v) is 12.1. The minimum atomic E-state index is -0.509. The van der Waals surface area contributed by atoms with Crippen molar-refractivity contribution in [2.24, 2.45) is 5.10 Å². The van der Waals surface area contributed by atoms with Crippen LogP contribution in [0.4, 0.5) is 0 Å². The van der Waals surface area contributed by atoms with Crippen LogP contribution in [0.1, 0.15) is 23.6 Å². The van der Waals surface area contributed by atoms with E-state index in [2.05, 4.69) is 29.2 Å². The minimum absolute atomic E-state index is 0.0263. The number of fused-ring (bicyclic) bond motifs is 2. The second-order valence-electron chi connectivity index (χ2n) is 9.00. The largest absolute Gasteiger partial charge is 0.454 e. The number of para-hydroxylation sites is 2. The summed E-state index contributed by atoms with van der Waals surface area (Å²) in [5, 5.41) is 8.43. The SMILES string of the molecule is O=C(Cn1cnc2ccccc21)OCC(=O)N1N=C(c2ccc3ccccc3c2)C[C@@H]1c1ccccc1. The van der Waals surface area contributed by atoms with Gasteiger partial charge in [-0.05, 0) is 40.1 Å².